The maximum Gasteiger partial charge on any atom is 0.330 e. The number of fused-ring (bicyclic) bond motifs is 6. The van der Waals surface area contributed by atoms with E-state index in [1.54, 1.807) is 26.0 Å². The van der Waals surface area contributed by atoms with Gasteiger partial charge < -0.3 is 18.9 Å². The highest BCUT2D eigenvalue weighted by molar-refractivity contribution is 6.02. The van der Waals surface area contributed by atoms with Crippen molar-refractivity contribution in [3.8, 4) is 5.75 Å². The molecule has 0 N–H and O–H groups in total. The fourth-order valence-corrected chi connectivity index (χ4v) is 4.79. The van der Waals surface area contributed by atoms with Crippen LogP contribution in [0.4, 0.5) is 0 Å². The number of ether oxygens (including phenoxy) is 4. The van der Waals surface area contributed by atoms with Crippen LogP contribution in [0.2, 0.25) is 0 Å². The van der Waals surface area contributed by atoms with Crippen LogP contribution in [0.1, 0.15) is 48.1 Å². The van der Waals surface area contributed by atoms with Gasteiger partial charge in [0, 0.05) is 29.7 Å². The number of allylic oxidation sites excluding steroid dienone is 1. The monoisotopic (exact) mass is 496 g/mol. The Morgan fingerprint density at radius 2 is 1.54 bits per heavy atom. The van der Waals surface area contributed by atoms with Gasteiger partial charge in [0.15, 0.2) is 0 Å². The van der Waals surface area contributed by atoms with Crippen molar-refractivity contribution in [1.82, 2.24) is 0 Å². The average molecular weight is 497 g/mol. The second kappa shape index (κ2) is 10.7. The van der Waals surface area contributed by atoms with Gasteiger partial charge in [-0.2, -0.15) is 0 Å². The first-order valence-electron chi connectivity index (χ1n) is 12.5. The highest BCUT2D eigenvalue weighted by atomic mass is 16.7. The molecule has 6 nitrogen and oxygen atoms in total. The number of rotatable bonds is 6. The van der Waals surface area contributed by atoms with Crippen molar-refractivity contribution in [2.45, 2.75) is 26.7 Å². The van der Waals surface area contributed by atoms with Crippen LogP contribution in [0, 0.1) is 0 Å². The number of hydrogen-bond acceptors (Lipinski definition) is 6. The largest absolute Gasteiger partial charge is 0.463 e. The van der Waals surface area contributed by atoms with Crippen LogP contribution in [0.5, 0.6) is 5.75 Å². The minimum absolute atomic E-state index is 0.160. The predicted octanol–water partition coefficient (Wildman–Crippen LogP) is 6.06. The van der Waals surface area contributed by atoms with Gasteiger partial charge >= 0.3 is 11.9 Å². The third-order valence-electron chi connectivity index (χ3n) is 6.40. The molecule has 5 rings (SSSR count). The molecule has 0 atom stereocenters. The van der Waals surface area contributed by atoms with Gasteiger partial charge in [-0.15, -0.1) is 0 Å². The van der Waals surface area contributed by atoms with Crippen molar-refractivity contribution in [1.29, 1.82) is 0 Å². The Balaban J connectivity index is 1.56. The van der Waals surface area contributed by atoms with Crippen molar-refractivity contribution < 1.29 is 28.5 Å². The molecule has 6 heteroatoms. The maximum absolute atomic E-state index is 11.7. The van der Waals surface area contributed by atoms with E-state index in [0.29, 0.717) is 13.2 Å². The smallest absolute Gasteiger partial charge is 0.330 e. The van der Waals surface area contributed by atoms with E-state index >= 15 is 0 Å². The Morgan fingerprint density at radius 1 is 0.838 bits per heavy atom. The Kier molecular flexibility index (Phi) is 7.08. The molecule has 37 heavy (non-hydrogen) atoms. The number of aryl methyl sites for hydroxylation is 1. The summed E-state index contributed by atoms with van der Waals surface area (Å²) in [7, 11) is 0. The fourth-order valence-electron chi connectivity index (χ4n) is 4.79. The van der Waals surface area contributed by atoms with Crippen molar-refractivity contribution in [3.05, 3.63) is 94.3 Å². The van der Waals surface area contributed by atoms with Crippen molar-refractivity contribution >= 4 is 40.4 Å². The standard InChI is InChI=1S/C31H28O6/c1-3-34-28(32)15-7-20-5-11-24-22(17-20)9-13-26-30(24)31-25-12-6-21(8-16-29(33)35-4-2)18-23(25)10-14-27(31)37-19-36-26/h5-9,11-13,15-18H,3-4,10,14,19H2,1-2H3/b15-7+,16-8+. The number of hydrogen-bond donors (Lipinski definition) is 0. The molecule has 3 aromatic carbocycles. The van der Waals surface area contributed by atoms with E-state index in [9.17, 15) is 9.59 Å². The summed E-state index contributed by atoms with van der Waals surface area (Å²) < 4.78 is 22.1. The summed E-state index contributed by atoms with van der Waals surface area (Å²) in [6.07, 6.45) is 8.03. The van der Waals surface area contributed by atoms with E-state index < -0.39 is 0 Å². The summed E-state index contributed by atoms with van der Waals surface area (Å²) in [5, 5.41) is 2.08. The predicted molar refractivity (Wildman–Crippen MR) is 143 cm³/mol. The Labute approximate surface area is 215 Å². The van der Waals surface area contributed by atoms with E-state index in [2.05, 4.69) is 18.2 Å². The molecule has 0 spiro atoms. The number of esters is 2. The second-order valence-electron chi connectivity index (χ2n) is 8.71. The summed E-state index contributed by atoms with van der Waals surface area (Å²) in [5.74, 6) is 0.975. The summed E-state index contributed by atoms with van der Waals surface area (Å²) >= 11 is 0. The molecule has 1 heterocycles. The molecule has 2 aliphatic rings. The zero-order valence-electron chi connectivity index (χ0n) is 20.9. The van der Waals surface area contributed by atoms with Gasteiger partial charge in [0.05, 0.1) is 13.2 Å². The molecule has 1 aliphatic heterocycles. The summed E-state index contributed by atoms with van der Waals surface area (Å²) in [4.78, 5) is 23.5. The minimum atomic E-state index is -0.361. The van der Waals surface area contributed by atoms with Crippen molar-refractivity contribution in [2.75, 3.05) is 20.0 Å². The van der Waals surface area contributed by atoms with E-state index in [4.69, 9.17) is 18.9 Å². The molecule has 1 aliphatic carbocycles. The zero-order chi connectivity index (χ0) is 25.8. The Hall–Kier alpha value is -4.32. The average Bonchev–Trinajstić information content (AvgIpc) is 3.10. The van der Waals surface area contributed by atoms with E-state index in [1.165, 1.54) is 17.7 Å². The molecular formula is C31H28O6. The van der Waals surface area contributed by atoms with Gasteiger partial charge in [-0.1, -0.05) is 36.4 Å². The van der Waals surface area contributed by atoms with Crippen LogP contribution in [0.25, 0.3) is 28.5 Å². The SMILES string of the molecule is CCOC(=O)/C=C/c1ccc2c(c1)CCC1=C2c2c(ccc3cc(/C=C/C(=O)OCC)ccc23)OCO1. The lowest BCUT2D eigenvalue weighted by molar-refractivity contribution is -0.138. The highest BCUT2D eigenvalue weighted by Gasteiger charge is 2.28. The lowest BCUT2D eigenvalue weighted by Gasteiger charge is -2.23. The van der Waals surface area contributed by atoms with E-state index in [1.807, 2.05) is 30.3 Å². The lowest BCUT2D eigenvalue weighted by Crippen LogP contribution is -2.08. The highest BCUT2D eigenvalue weighted by Crippen LogP contribution is 2.45. The molecule has 0 unspecified atom stereocenters. The normalized spacial score (nSPS) is 14.4. The van der Waals surface area contributed by atoms with Crippen LogP contribution in [-0.4, -0.2) is 31.9 Å². The molecule has 0 radical (unpaired) electrons. The molecular weight excluding hydrogens is 468 g/mol. The third kappa shape index (κ3) is 5.14. The van der Waals surface area contributed by atoms with Gasteiger partial charge in [-0.05, 0) is 77.6 Å². The summed E-state index contributed by atoms with van der Waals surface area (Å²) in [6, 6.07) is 16.3. The van der Waals surface area contributed by atoms with E-state index in [0.717, 1.165) is 62.9 Å². The molecule has 0 fully saturated rings. The van der Waals surface area contributed by atoms with Gasteiger partial charge in [0.2, 0.25) is 6.79 Å². The lowest BCUT2D eigenvalue weighted by atomic mass is 9.82. The van der Waals surface area contributed by atoms with Crippen LogP contribution in [-0.2, 0) is 30.2 Å². The second-order valence-corrected chi connectivity index (χ2v) is 8.71. The van der Waals surface area contributed by atoms with Crippen molar-refractivity contribution in [3.63, 3.8) is 0 Å². The maximum atomic E-state index is 11.7. The molecule has 0 saturated carbocycles. The Bertz CT molecular complexity index is 1460. The molecule has 0 aromatic heterocycles. The summed E-state index contributed by atoms with van der Waals surface area (Å²) in [6.45, 7) is 4.43. The zero-order valence-corrected chi connectivity index (χ0v) is 20.9. The van der Waals surface area contributed by atoms with Crippen LogP contribution < -0.4 is 4.74 Å². The van der Waals surface area contributed by atoms with Crippen LogP contribution >= 0.6 is 0 Å². The molecule has 188 valence electrons. The van der Waals surface area contributed by atoms with Gasteiger partial charge in [-0.25, -0.2) is 9.59 Å². The van der Waals surface area contributed by atoms with Gasteiger partial charge in [0.1, 0.15) is 11.5 Å². The van der Waals surface area contributed by atoms with Crippen LogP contribution in [0.15, 0.2) is 66.4 Å². The van der Waals surface area contributed by atoms with E-state index in [-0.39, 0.29) is 18.7 Å². The fraction of sp³-hybridized carbons (Fsp3) is 0.226. The van der Waals surface area contributed by atoms with Crippen molar-refractivity contribution in [2.24, 2.45) is 0 Å². The number of benzene rings is 3. The van der Waals surface area contributed by atoms with Crippen LogP contribution in [0.3, 0.4) is 0 Å². The minimum Gasteiger partial charge on any atom is -0.463 e. The quantitative estimate of drug-likeness (QED) is 0.305. The molecule has 0 bridgehead atoms. The first-order valence-corrected chi connectivity index (χ1v) is 12.5. The third-order valence-corrected chi connectivity index (χ3v) is 6.40. The first-order chi connectivity index (χ1) is 18.1. The number of carbonyl (C=O) groups is 2. The topological polar surface area (TPSA) is 71.1 Å². The van der Waals surface area contributed by atoms with Gasteiger partial charge in [0.25, 0.3) is 0 Å². The molecule has 0 amide bonds. The first kappa shape index (κ1) is 24.4. The number of carbonyl (C=O) groups excluding carboxylic acids is 2. The molecule has 0 saturated heterocycles. The van der Waals surface area contributed by atoms with Gasteiger partial charge in [-0.3, -0.25) is 0 Å². The summed E-state index contributed by atoms with van der Waals surface area (Å²) in [5.41, 5.74) is 6.17. The Morgan fingerprint density at radius 3 is 2.27 bits per heavy atom. The molecule has 3 aromatic rings.